The maximum atomic E-state index is 13.0. The molecule has 2 aliphatic rings. The van der Waals surface area contributed by atoms with Crippen molar-refractivity contribution in [1.29, 1.82) is 0 Å². The molecule has 1 aromatic heterocycles. The molecule has 0 radical (unpaired) electrons. The number of nitrogens with zero attached hydrogens (tertiary/aromatic N) is 3. The zero-order valence-corrected chi connectivity index (χ0v) is 19.8. The van der Waals surface area contributed by atoms with Gasteiger partial charge in [-0.15, -0.1) is 0 Å². The van der Waals surface area contributed by atoms with E-state index in [0.717, 1.165) is 22.5 Å². The van der Waals surface area contributed by atoms with Crippen molar-refractivity contribution in [3.05, 3.63) is 52.8 Å². The quantitative estimate of drug-likeness (QED) is 0.612. The Morgan fingerprint density at radius 1 is 1.03 bits per heavy atom. The van der Waals surface area contributed by atoms with Crippen molar-refractivity contribution in [2.45, 2.75) is 57.4 Å². The Labute approximate surface area is 185 Å². The predicted octanol–water partition coefficient (Wildman–Crippen LogP) is 3.75. The Bertz CT molecular complexity index is 1060. The molecule has 2 aromatic rings. The Morgan fingerprint density at radius 3 is 2.19 bits per heavy atom. The summed E-state index contributed by atoms with van der Waals surface area (Å²) in [5, 5.41) is 0. The first-order valence-corrected chi connectivity index (χ1v) is 12.7. The van der Waals surface area contributed by atoms with Crippen LogP contribution in [-0.2, 0) is 10.0 Å². The molecule has 0 bridgehead atoms. The van der Waals surface area contributed by atoms with Crippen LogP contribution in [0.4, 0.5) is 0 Å². The average Bonchev–Trinajstić information content (AvgIpc) is 3.52. The lowest BCUT2D eigenvalue weighted by molar-refractivity contribution is 0.0901. The molecule has 2 heterocycles. The first kappa shape index (κ1) is 22.2. The number of benzene rings is 1. The smallest absolute Gasteiger partial charge is 0.243 e. The largest absolute Gasteiger partial charge is 0.345 e. The van der Waals surface area contributed by atoms with Crippen molar-refractivity contribution in [1.82, 2.24) is 13.8 Å². The van der Waals surface area contributed by atoms with E-state index in [1.807, 2.05) is 25.1 Å². The molecule has 0 atom stereocenters. The highest BCUT2D eigenvalue weighted by Crippen LogP contribution is 2.38. The van der Waals surface area contributed by atoms with Gasteiger partial charge in [-0.25, -0.2) is 8.42 Å². The third-order valence-corrected chi connectivity index (χ3v) is 8.49. The van der Waals surface area contributed by atoms with Gasteiger partial charge in [-0.3, -0.25) is 9.69 Å². The molecule has 1 saturated carbocycles. The summed E-state index contributed by atoms with van der Waals surface area (Å²) in [7, 11) is -3.50. The van der Waals surface area contributed by atoms with Crippen LogP contribution in [0.15, 0.2) is 35.2 Å². The van der Waals surface area contributed by atoms with Gasteiger partial charge in [0.05, 0.1) is 11.4 Å². The summed E-state index contributed by atoms with van der Waals surface area (Å²) < 4.78 is 29.9. The van der Waals surface area contributed by atoms with Crippen LogP contribution >= 0.6 is 0 Å². The van der Waals surface area contributed by atoms with E-state index in [0.29, 0.717) is 49.6 Å². The summed E-state index contributed by atoms with van der Waals surface area (Å²) in [4.78, 5) is 15.4. The van der Waals surface area contributed by atoms with Crippen molar-refractivity contribution < 1.29 is 13.2 Å². The molecule has 31 heavy (non-hydrogen) atoms. The van der Waals surface area contributed by atoms with Gasteiger partial charge < -0.3 is 4.57 Å². The van der Waals surface area contributed by atoms with Crippen LogP contribution < -0.4 is 0 Å². The monoisotopic (exact) mass is 443 g/mol. The SMILES string of the molecule is Cc1cc(C(=O)CN2CCN(S(=O)(=O)c3ccc(C(C)C)cc3)CC2)c(C)n1C1CC1. The fourth-order valence-corrected chi connectivity index (χ4v) is 5.97. The van der Waals surface area contributed by atoms with Gasteiger partial charge in [0.2, 0.25) is 10.0 Å². The molecule has 0 spiro atoms. The summed E-state index contributed by atoms with van der Waals surface area (Å²) in [5.41, 5.74) is 4.16. The molecular weight excluding hydrogens is 410 g/mol. The Morgan fingerprint density at radius 2 is 1.65 bits per heavy atom. The molecule has 1 saturated heterocycles. The van der Waals surface area contributed by atoms with Crippen LogP contribution in [-0.4, -0.2) is 60.7 Å². The molecule has 168 valence electrons. The number of carbonyl (C=O) groups excluding carboxylic acids is 1. The number of carbonyl (C=O) groups is 1. The van der Waals surface area contributed by atoms with Gasteiger partial charge in [0.15, 0.2) is 5.78 Å². The van der Waals surface area contributed by atoms with Crippen LogP contribution in [0.2, 0.25) is 0 Å². The van der Waals surface area contributed by atoms with E-state index in [1.54, 1.807) is 12.1 Å². The van der Waals surface area contributed by atoms with Gasteiger partial charge in [0, 0.05) is 49.2 Å². The van der Waals surface area contributed by atoms with E-state index in [-0.39, 0.29) is 5.78 Å². The molecule has 0 N–H and O–H groups in total. The fraction of sp³-hybridized carbons (Fsp3) is 0.542. The molecule has 6 nitrogen and oxygen atoms in total. The van der Waals surface area contributed by atoms with Crippen LogP contribution in [0.5, 0.6) is 0 Å². The van der Waals surface area contributed by atoms with Crippen molar-refractivity contribution in [2.24, 2.45) is 0 Å². The lowest BCUT2D eigenvalue weighted by Gasteiger charge is -2.33. The highest BCUT2D eigenvalue weighted by Gasteiger charge is 2.31. The maximum Gasteiger partial charge on any atom is 0.243 e. The zero-order chi connectivity index (χ0) is 22.3. The molecule has 1 aliphatic carbocycles. The maximum absolute atomic E-state index is 13.0. The van der Waals surface area contributed by atoms with Crippen LogP contribution in [0.3, 0.4) is 0 Å². The number of Topliss-reactive ketones (excluding diaryl/α,β-unsaturated/α-hetero) is 1. The molecule has 1 aliphatic heterocycles. The second-order valence-electron chi connectivity index (χ2n) is 9.21. The number of aryl methyl sites for hydroxylation is 1. The number of piperazine rings is 1. The van der Waals surface area contributed by atoms with Crippen molar-refractivity contribution >= 4 is 15.8 Å². The number of aromatic nitrogens is 1. The normalized spacial score (nSPS) is 18.6. The Kier molecular flexibility index (Phi) is 6.12. The summed E-state index contributed by atoms with van der Waals surface area (Å²) in [5.74, 6) is 0.493. The van der Waals surface area contributed by atoms with Crippen LogP contribution in [0.25, 0.3) is 0 Å². The topological polar surface area (TPSA) is 62.6 Å². The van der Waals surface area contributed by atoms with Crippen molar-refractivity contribution in [3.8, 4) is 0 Å². The summed E-state index contributed by atoms with van der Waals surface area (Å²) in [6, 6.07) is 9.77. The molecule has 4 rings (SSSR count). The van der Waals surface area contributed by atoms with Gasteiger partial charge in [-0.2, -0.15) is 4.31 Å². The standard InChI is InChI=1S/C24H33N3O3S/c1-17(2)20-5-9-22(10-6-20)31(29,30)26-13-11-25(12-14-26)16-24(28)23-15-18(3)27(19(23)4)21-7-8-21/h5-6,9-10,15,17,21H,7-8,11-14,16H2,1-4H3. The first-order valence-electron chi connectivity index (χ1n) is 11.2. The van der Waals surface area contributed by atoms with Gasteiger partial charge in [-0.1, -0.05) is 26.0 Å². The minimum atomic E-state index is -3.50. The average molecular weight is 444 g/mol. The minimum Gasteiger partial charge on any atom is -0.345 e. The van der Waals surface area contributed by atoms with Gasteiger partial charge in [-0.05, 0) is 56.4 Å². The Hall–Kier alpha value is -1.96. The zero-order valence-electron chi connectivity index (χ0n) is 19.0. The first-order chi connectivity index (χ1) is 14.7. The van der Waals surface area contributed by atoms with Crippen molar-refractivity contribution in [3.63, 3.8) is 0 Å². The second-order valence-corrected chi connectivity index (χ2v) is 11.2. The van der Waals surface area contributed by atoms with Gasteiger partial charge in [0.1, 0.15) is 0 Å². The van der Waals surface area contributed by atoms with Gasteiger partial charge in [0.25, 0.3) is 0 Å². The van der Waals surface area contributed by atoms with Crippen molar-refractivity contribution in [2.75, 3.05) is 32.7 Å². The fourth-order valence-electron chi connectivity index (χ4n) is 4.54. The van der Waals surface area contributed by atoms with E-state index in [4.69, 9.17) is 0 Å². The van der Waals surface area contributed by atoms with Crippen LogP contribution in [0, 0.1) is 13.8 Å². The predicted molar refractivity (Wildman–Crippen MR) is 122 cm³/mol. The molecule has 0 amide bonds. The number of rotatable bonds is 7. The summed E-state index contributed by atoms with van der Waals surface area (Å²) in [6.45, 7) is 10.6. The Balaban J connectivity index is 1.37. The molecule has 7 heteroatoms. The second kappa shape index (κ2) is 8.52. The lowest BCUT2D eigenvalue weighted by atomic mass is 10.0. The number of hydrogen-bond donors (Lipinski definition) is 0. The van der Waals surface area contributed by atoms with Gasteiger partial charge >= 0.3 is 0 Å². The summed E-state index contributed by atoms with van der Waals surface area (Å²) >= 11 is 0. The number of ketones is 1. The third-order valence-electron chi connectivity index (χ3n) is 6.58. The molecule has 1 aromatic carbocycles. The van der Waals surface area contributed by atoms with E-state index < -0.39 is 10.0 Å². The number of hydrogen-bond acceptors (Lipinski definition) is 4. The van der Waals surface area contributed by atoms with E-state index in [2.05, 4.69) is 30.2 Å². The molecule has 0 unspecified atom stereocenters. The van der Waals surface area contributed by atoms with E-state index >= 15 is 0 Å². The third kappa shape index (κ3) is 4.49. The lowest BCUT2D eigenvalue weighted by Crippen LogP contribution is -2.49. The number of sulfonamides is 1. The van der Waals surface area contributed by atoms with E-state index in [9.17, 15) is 13.2 Å². The summed E-state index contributed by atoms with van der Waals surface area (Å²) in [6.07, 6.45) is 2.39. The minimum absolute atomic E-state index is 0.126. The highest BCUT2D eigenvalue weighted by molar-refractivity contribution is 7.89. The molecular formula is C24H33N3O3S. The van der Waals surface area contributed by atoms with Crippen LogP contribution in [0.1, 0.15) is 66.0 Å². The molecule has 2 fully saturated rings. The highest BCUT2D eigenvalue weighted by atomic mass is 32.2. The van der Waals surface area contributed by atoms with E-state index in [1.165, 1.54) is 17.1 Å².